The molecule has 1 aliphatic rings. The third-order valence-corrected chi connectivity index (χ3v) is 2.72. The van der Waals surface area contributed by atoms with Crippen molar-refractivity contribution in [1.29, 1.82) is 0 Å². The summed E-state index contributed by atoms with van der Waals surface area (Å²) in [5.41, 5.74) is 2.16. The molecule has 0 amide bonds. The molecule has 0 N–H and O–H groups in total. The summed E-state index contributed by atoms with van der Waals surface area (Å²) in [5, 5.41) is 0. The van der Waals surface area contributed by atoms with Gasteiger partial charge in [0.25, 0.3) is 0 Å². The fourth-order valence-electron chi connectivity index (χ4n) is 2.00. The standard InChI is InChI=1S/C11H11N3/c1-2-4-9(3-1)14-8-13-10-7-12-6-5-11(10)14/h1,3,5-9H,2,4H2. The van der Waals surface area contributed by atoms with Crippen LogP contribution in [0.1, 0.15) is 18.9 Å². The Kier molecular flexibility index (Phi) is 1.63. The van der Waals surface area contributed by atoms with Gasteiger partial charge in [-0.1, -0.05) is 12.2 Å². The van der Waals surface area contributed by atoms with Crippen LogP contribution in [0.5, 0.6) is 0 Å². The average Bonchev–Trinajstić information content (AvgIpc) is 2.85. The van der Waals surface area contributed by atoms with Gasteiger partial charge in [0.1, 0.15) is 5.52 Å². The van der Waals surface area contributed by atoms with Crippen molar-refractivity contribution in [2.24, 2.45) is 0 Å². The van der Waals surface area contributed by atoms with E-state index in [9.17, 15) is 0 Å². The number of aromatic nitrogens is 3. The first-order chi connectivity index (χ1) is 6.95. The molecule has 0 saturated carbocycles. The SMILES string of the molecule is C1=CC(n2cnc3cnccc32)CC1. The van der Waals surface area contributed by atoms with Gasteiger partial charge in [-0.3, -0.25) is 4.98 Å². The summed E-state index contributed by atoms with van der Waals surface area (Å²) in [6.45, 7) is 0. The lowest BCUT2D eigenvalue weighted by atomic mass is 10.2. The van der Waals surface area contributed by atoms with E-state index in [0.717, 1.165) is 5.52 Å². The molecule has 1 aliphatic carbocycles. The predicted octanol–water partition coefficient (Wildman–Crippen LogP) is 2.32. The zero-order chi connectivity index (χ0) is 9.38. The first-order valence-corrected chi connectivity index (χ1v) is 4.88. The third kappa shape index (κ3) is 1.05. The van der Waals surface area contributed by atoms with E-state index in [0.29, 0.717) is 6.04 Å². The second-order valence-electron chi connectivity index (χ2n) is 3.59. The normalized spacial score (nSPS) is 20.7. The summed E-state index contributed by atoms with van der Waals surface area (Å²) < 4.78 is 2.22. The van der Waals surface area contributed by atoms with Crippen molar-refractivity contribution < 1.29 is 0 Å². The molecule has 0 bridgehead atoms. The molecule has 0 saturated heterocycles. The molecular formula is C11H11N3. The number of pyridine rings is 1. The molecule has 0 aliphatic heterocycles. The Hall–Kier alpha value is -1.64. The maximum atomic E-state index is 4.33. The molecule has 2 heterocycles. The van der Waals surface area contributed by atoms with E-state index in [-0.39, 0.29) is 0 Å². The molecule has 70 valence electrons. The Bertz CT molecular complexity index is 484. The van der Waals surface area contributed by atoms with Crippen molar-refractivity contribution >= 4 is 11.0 Å². The number of rotatable bonds is 1. The lowest BCUT2D eigenvalue weighted by molar-refractivity contribution is 0.606. The van der Waals surface area contributed by atoms with Crippen LogP contribution in [0.25, 0.3) is 11.0 Å². The largest absolute Gasteiger partial charge is 0.323 e. The van der Waals surface area contributed by atoms with E-state index in [2.05, 4.69) is 26.7 Å². The molecule has 2 aromatic rings. The van der Waals surface area contributed by atoms with Gasteiger partial charge in [0.2, 0.25) is 0 Å². The molecule has 0 fully saturated rings. The second-order valence-corrected chi connectivity index (χ2v) is 3.59. The van der Waals surface area contributed by atoms with E-state index < -0.39 is 0 Å². The highest BCUT2D eigenvalue weighted by atomic mass is 15.1. The van der Waals surface area contributed by atoms with Gasteiger partial charge in [-0.2, -0.15) is 0 Å². The van der Waals surface area contributed by atoms with Crippen molar-refractivity contribution in [2.45, 2.75) is 18.9 Å². The number of imidazole rings is 1. The number of hydrogen-bond acceptors (Lipinski definition) is 2. The molecule has 3 rings (SSSR count). The van der Waals surface area contributed by atoms with Gasteiger partial charge >= 0.3 is 0 Å². The van der Waals surface area contributed by atoms with Gasteiger partial charge in [-0.05, 0) is 18.9 Å². The van der Waals surface area contributed by atoms with Crippen molar-refractivity contribution in [3.8, 4) is 0 Å². The van der Waals surface area contributed by atoms with Crippen LogP contribution in [0.4, 0.5) is 0 Å². The topological polar surface area (TPSA) is 30.7 Å². The lowest BCUT2D eigenvalue weighted by Crippen LogP contribution is -2.01. The van der Waals surface area contributed by atoms with Gasteiger partial charge in [0.05, 0.1) is 24.1 Å². The Morgan fingerprint density at radius 2 is 2.43 bits per heavy atom. The first kappa shape index (κ1) is 7.74. The summed E-state index contributed by atoms with van der Waals surface area (Å²) in [6, 6.07) is 2.51. The van der Waals surface area contributed by atoms with Crippen molar-refractivity contribution in [3.05, 3.63) is 36.9 Å². The van der Waals surface area contributed by atoms with Crippen molar-refractivity contribution in [1.82, 2.24) is 14.5 Å². The molecule has 1 atom stereocenters. The molecular weight excluding hydrogens is 174 g/mol. The lowest BCUT2D eigenvalue weighted by Gasteiger charge is -2.09. The zero-order valence-electron chi connectivity index (χ0n) is 7.80. The molecule has 0 aromatic carbocycles. The highest BCUT2D eigenvalue weighted by Gasteiger charge is 2.13. The van der Waals surface area contributed by atoms with Crippen LogP contribution in [-0.2, 0) is 0 Å². The van der Waals surface area contributed by atoms with Crippen molar-refractivity contribution in [3.63, 3.8) is 0 Å². The minimum absolute atomic E-state index is 0.488. The number of fused-ring (bicyclic) bond motifs is 1. The van der Waals surface area contributed by atoms with Crippen LogP contribution in [0.3, 0.4) is 0 Å². The van der Waals surface area contributed by atoms with Crippen LogP contribution >= 0.6 is 0 Å². The van der Waals surface area contributed by atoms with Crippen LogP contribution in [0.15, 0.2) is 36.9 Å². The molecule has 3 nitrogen and oxygen atoms in total. The van der Waals surface area contributed by atoms with E-state index in [1.807, 2.05) is 24.8 Å². The Morgan fingerprint density at radius 1 is 1.43 bits per heavy atom. The van der Waals surface area contributed by atoms with Gasteiger partial charge in [0.15, 0.2) is 0 Å². The Morgan fingerprint density at radius 3 is 3.29 bits per heavy atom. The maximum Gasteiger partial charge on any atom is 0.107 e. The number of nitrogens with zero attached hydrogens (tertiary/aromatic N) is 3. The van der Waals surface area contributed by atoms with Crippen LogP contribution < -0.4 is 0 Å². The molecule has 1 unspecified atom stereocenters. The minimum atomic E-state index is 0.488. The van der Waals surface area contributed by atoms with E-state index in [1.54, 1.807) is 0 Å². The fourth-order valence-corrected chi connectivity index (χ4v) is 2.00. The summed E-state index contributed by atoms with van der Waals surface area (Å²) in [7, 11) is 0. The molecule has 0 radical (unpaired) electrons. The molecule has 2 aromatic heterocycles. The van der Waals surface area contributed by atoms with Gasteiger partial charge in [-0.25, -0.2) is 4.98 Å². The second kappa shape index (κ2) is 2.94. The number of allylic oxidation sites excluding steroid dienone is 2. The van der Waals surface area contributed by atoms with E-state index in [1.165, 1.54) is 18.4 Å². The monoisotopic (exact) mass is 185 g/mol. The molecule has 3 heteroatoms. The van der Waals surface area contributed by atoms with Crippen LogP contribution in [0, 0.1) is 0 Å². The first-order valence-electron chi connectivity index (χ1n) is 4.88. The molecule has 14 heavy (non-hydrogen) atoms. The Labute approximate surface area is 82.1 Å². The minimum Gasteiger partial charge on any atom is -0.323 e. The summed E-state index contributed by atoms with van der Waals surface area (Å²) >= 11 is 0. The average molecular weight is 185 g/mol. The molecule has 0 spiro atoms. The van der Waals surface area contributed by atoms with E-state index in [4.69, 9.17) is 0 Å². The quantitative estimate of drug-likeness (QED) is 0.638. The number of hydrogen-bond donors (Lipinski definition) is 0. The maximum absolute atomic E-state index is 4.33. The zero-order valence-corrected chi connectivity index (χ0v) is 7.80. The van der Waals surface area contributed by atoms with Crippen molar-refractivity contribution in [2.75, 3.05) is 0 Å². The van der Waals surface area contributed by atoms with Gasteiger partial charge < -0.3 is 4.57 Å². The highest BCUT2D eigenvalue weighted by molar-refractivity contribution is 5.74. The summed E-state index contributed by atoms with van der Waals surface area (Å²) in [5.74, 6) is 0. The smallest absolute Gasteiger partial charge is 0.107 e. The van der Waals surface area contributed by atoms with Gasteiger partial charge in [-0.15, -0.1) is 0 Å². The van der Waals surface area contributed by atoms with E-state index >= 15 is 0 Å². The summed E-state index contributed by atoms with van der Waals surface area (Å²) in [6.07, 6.45) is 12.4. The Balaban J connectivity index is 2.16. The predicted molar refractivity (Wildman–Crippen MR) is 54.9 cm³/mol. The summed E-state index contributed by atoms with van der Waals surface area (Å²) in [4.78, 5) is 8.39. The van der Waals surface area contributed by atoms with Crippen LogP contribution in [-0.4, -0.2) is 14.5 Å². The fraction of sp³-hybridized carbons (Fsp3) is 0.273. The third-order valence-electron chi connectivity index (χ3n) is 2.72. The van der Waals surface area contributed by atoms with Gasteiger partial charge in [0, 0.05) is 6.20 Å². The highest BCUT2D eigenvalue weighted by Crippen LogP contribution is 2.25. The van der Waals surface area contributed by atoms with Crippen LogP contribution in [0.2, 0.25) is 0 Å².